The highest BCUT2D eigenvalue weighted by Gasteiger charge is 2.50. The molecule has 4 nitrogen and oxygen atoms in total. The molecule has 1 N–H and O–H groups in total. The van der Waals surface area contributed by atoms with Gasteiger partial charge in [0.15, 0.2) is 0 Å². The zero-order chi connectivity index (χ0) is 30.0. The first kappa shape index (κ1) is 31.0. The van der Waals surface area contributed by atoms with E-state index in [9.17, 15) is 4.79 Å². The van der Waals surface area contributed by atoms with Crippen LogP contribution in [-0.4, -0.2) is 26.9 Å². The molecule has 5 heteroatoms. The van der Waals surface area contributed by atoms with Crippen molar-refractivity contribution in [3.8, 4) is 5.75 Å². The van der Waals surface area contributed by atoms with Crippen LogP contribution in [0.2, 0.25) is 5.04 Å². The van der Waals surface area contributed by atoms with Crippen molar-refractivity contribution in [3.05, 3.63) is 138 Å². The van der Waals surface area contributed by atoms with Gasteiger partial charge in [-0.15, -0.1) is 0 Å². The van der Waals surface area contributed by atoms with Crippen LogP contribution in [0.5, 0.6) is 5.75 Å². The minimum Gasteiger partial charge on any atom is -0.489 e. The Morgan fingerprint density at radius 2 is 1.29 bits per heavy atom. The van der Waals surface area contributed by atoms with E-state index in [-0.39, 0.29) is 17.0 Å². The van der Waals surface area contributed by atoms with Crippen LogP contribution in [0.15, 0.2) is 127 Å². The molecule has 1 atom stereocenters. The molecule has 0 heterocycles. The van der Waals surface area contributed by atoms with Crippen LogP contribution in [0, 0.1) is 0 Å². The molecule has 1 amide bonds. The Morgan fingerprint density at radius 1 is 0.762 bits per heavy atom. The predicted octanol–water partition coefficient (Wildman–Crippen LogP) is 6.84. The highest BCUT2D eigenvalue weighted by atomic mass is 28.4. The second kappa shape index (κ2) is 14.3. The molecule has 0 aromatic heterocycles. The molecule has 0 aliphatic heterocycles. The van der Waals surface area contributed by atoms with E-state index in [2.05, 4.69) is 124 Å². The van der Waals surface area contributed by atoms with E-state index in [0.717, 1.165) is 22.4 Å². The highest BCUT2D eigenvalue weighted by Crippen LogP contribution is 2.37. The normalized spacial score (nSPS) is 12.9. The van der Waals surface area contributed by atoms with Crippen molar-refractivity contribution < 1.29 is 14.0 Å². The van der Waals surface area contributed by atoms with Crippen molar-refractivity contribution in [1.82, 2.24) is 5.32 Å². The van der Waals surface area contributed by atoms with Gasteiger partial charge in [-0.25, -0.2) is 0 Å². The fourth-order valence-electron chi connectivity index (χ4n) is 5.50. The van der Waals surface area contributed by atoms with Gasteiger partial charge in [-0.3, -0.25) is 4.79 Å². The van der Waals surface area contributed by atoms with Gasteiger partial charge in [0.1, 0.15) is 12.4 Å². The van der Waals surface area contributed by atoms with Crippen molar-refractivity contribution in [2.45, 2.75) is 58.7 Å². The number of nitrogens with one attached hydrogen (secondary N) is 1. The van der Waals surface area contributed by atoms with Gasteiger partial charge in [-0.1, -0.05) is 136 Å². The molecule has 0 bridgehead atoms. The van der Waals surface area contributed by atoms with E-state index in [1.54, 1.807) is 6.92 Å². The van der Waals surface area contributed by atoms with Gasteiger partial charge in [-0.05, 0) is 52.0 Å². The van der Waals surface area contributed by atoms with Crippen molar-refractivity contribution in [1.29, 1.82) is 0 Å². The Morgan fingerprint density at radius 3 is 1.79 bits per heavy atom. The van der Waals surface area contributed by atoms with Crippen LogP contribution < -0.4 is 20.4 Å². The lowest BCUT2D eigenvalue weighted by molar-refractivity contribution is -0.119. The Labute approximate surface area is 252 Å². The number of benzene rings is 4. The van der Waals surface area contributed by atoms with Crippen LogP contribution in [0.3, 0.4) is 0 Å². The zero-order valence-electron chi connectivity index (χ0n) is 25.5. The summed E-state index contributed by atoms with van der Waals surface area (Å²) in [5, 5.41) is 5.53. The van der Waals surface area contributed by atoms with Crippen LogP contribution in [0.25, 0.3) is 0 Å². The second-order valence-electron chi connectivity index (χ2n) is 11.9. The number of hydrogen-bond donors (Lipinski definition) is 1. The Bertz CT molecular complexity index is 1390. The van der Waals surface area contributed by atoms with Crippen LogP contribution in [0.1, 0.15) is 45.7 Å². The number of carbonyl (C=O) groups excluding carboxylic acids is 1. The maximum atomic E-state index is 12.1. The average Bonchev–Trinajstić information content (AvgIpc) is 2.98. The molecule has 4 rings (SSSR count). The number of hydrogen-bond acceptors (Lipinski definition) is 3. The largest absolute Gasteiger partial charge is 0.489 e. The lowest BCUT2D eigenvalue weighted by atomic mass is 10.0. The molecule has 0 aliphatic rings. The number of rotatable bonds is 12. The molecule has 0 fully saturated rings. The van der Waals surface area contributed by atoms with Gasteiger partial charge < -0.3 is 14.5 Å². The third-order valence-corrected chi connectivity index (χ3v) is 12.4. The molecule has 0 unspecified atom stereocenters. The minimum atomic E-state index is -2.65. The molecular weight excluding hydrogens is 534 g/mol. The predicted molar refractivity (Wildman–Crippen MR) is 176 cm³/mol. The summed E-state index contributed by atoms with van der Waals surface area (Å²) in [5.41, 5.74) is 3.34. The fraction of sp³-hybridized carbons (Fsp3) is 0.270. The molecule has 4 aromatic carbocycles. The van der Waals surface area contributed by atoms with Crippen molar-refractivity contribution in [3.63, 3.8) is 0 Å². The monoisotopic (exact) mass is 577 g/mol. The minimum absolute atomic E-state index is 0.0558. The Balaban J connectivity index is 1.51. The molecule has 4 aromatic rings. The van der Waals surface area contributed by atoms with Crippen LogP contribution in [0.4, 0.5) is 0 Å². The van der Waals surface area contributed by atoms with Gasteiger partial charge in [0.05, 0.1) is 12.6 Å². The molecule has 42 heavy (non-hydrogen) atoms. The lowest BCUT2D eigenvalue weighted by Gasteiger charge is -2.43. The van der Waals surface area contributed by atoms with Gasteiger partial charge in [0.25, 0.3) is 8.32 Å². The lowest BCUT2D eigenvalue weighted by Crippen LogP contribution is -2.66. The summed E-state index contributed by atoms with van der Waals surface area (Å²) < 4.78 is 13.1. The average molecular weight is 578 g/mol. The summed E-state index contributed by atoms with van der Waals surface area (Å²) in [6.45, 7) is 11.5. The van der Waals surface area contributed by atoms with Gasteiger partial charge in [0.2, 0.25) is 5.91 Å². The van der Waals surface area contributed by atoms with Crippen LogP contribution >= 0.6 is 0 Å². The molecule has 0 aliphatic carbocycles. The SMILES string of the molecule is CC(=O)N[C@H](/C=C(/C)CO[Si](c1ccccc1)(c1ccccc1)C(C)(C)C)Cc1ccc(OCc2ccccc2)cc1. The molecule has 0 spiro atoms. The summed E-state index contributed by atoms with van der Waals surface area (Å²) in [7, 11) is -2.65. The fourth-order valence-corrected chi connectivity index (χ4v) is 10.1. The molecule has 0 radical (unpaired) electrons. The molecule has 0 saturated carbocycles. The van der Waals surface area contributed by atoms with E-state index in [1.165, 1.54) is 10.4 Å². The Kier molecular flexibility index (Phi) is 10.6. The van der Waals surface area contributed by atoms with Crippen molar-refractivity contribution in [2.75, 3.05) is 6.61 Å². The highest BCUT2D eigenvalue weighted by molar-refractivity contribution is 6.99. The number of amides is 1. The Hall–Kier alpha value is -3.93. The van der Waals surface area contributed by atoms with Crippen molar-refractivity contribution in [2.24, 2.45) is 0 Å². The maximum absolute atomic E-state index is 12.1. The second-order valence-corrected chi connectivity index (χ2v) is 16.2. The molecule has 218 valence electrons. The maximum Gasteiger partial charge on any atom is 0.261 e. The third kappa shape index (κ3) is 8.08. The number of ether oxygens (including phenoxy) is 1. The zero-order valence-corrected chi connectivity index (χ0v) is 26.5. The molecule has 0 saturated heterocycles. The van der Waals surface area contributed by atoms with Gasteiger partial charge in [-0.2, -0.15) is 0 Å². The smallest absolute Gasteiger partial charge is 0.261 e. The topological polar surface area (TPSA) is 47.6 Å². The van der Waals surface area contributed by atoms with Gasteiger partial charge >= 0.3 is 0 Å². The van der Waals surface area contributed by atoms with Crippen molar-refractivity contribution >= 4 is 24.6 Å². The quantitative estimate of drug-likeness (QED) is 0.148. The van der Waals surface area contributed by atoms with Gasteiger partial charge in [0, 0.05) is 6.92 Å². The summed E-state index contributed by atoms with van der Waals surface area (Å²) in [4.78, 5) is 12.1. The van der Waals surface area contributed by atoms with E-state index in [4.69, 9.17) is 9.16 Å². The summed E-state index contributed by atoms with van der Waals surface area (Å²) >= 11 is 0. The summed E-state index contributed by atoms with van der Waals surface area (Å²) in [6, 6.07) is 39.4. The van der Waals surface area contributed by atoms with Crippen LogP contribution in [-0.2, 0) is 22.2 Å². The summed E-state index contributed by atoms with van der Waals surface area (Å²) in [6.07, 6.45) is 2.81. The number of carbonyl (C=O) groups is 1. The van der Waals surface area contributed by atoms with E-state index >= 15 is 0 Å². The first-order valence-electron chi connectivity index (χ1n) is 14.6. The standard InChI is InChI=1S/C37H43NO3Si/c1-29(27-41-42(37(3,4)5,35-17-11-7-12-18-35)36-19-13-8-14-20-36)25-33(38-30(2)39)26-31-21-23-34(24-22-31)40-28-32-15-9-6-10-16-32/h6-25,33H,26-28H2,1-5H3,(H,38,39)/b29-25-/t33-/m1/s1. The third-order valence-electron chi connectivity index (χ3n) is 7.43. The summed E-state index contributed by atoms with van der Waals surface area (Å²) in [5.74, 6) is 0.767. The van der Waals surface area contributed by atoms with E-state index < -0.39 is 8.32 Å². The first-order chi connectivity index (χ1) is 20.2. The first-order valence-corrected chi connectivity index (χ1v) is 16.5. The van der Waals surface area contributed by atoms with E-state index in [1.807, 2.05) is 30.3 Å². The molecular formula is C37H43NO3Si. The van der Waals surface area contributed by atoms with E-state index in [0.29, 0.717) is 19.6 Å².